The topological polar surface area (TPSA) is 9.23 Å². The molecule has 1 atom stereocenters. The maximum Gasteiger partial charge on any atom is 0.392 e. The number of hydrogen-bond donors (Lipinski definition) is 0. The molecule has 1 aromatic carbocycles. The Bertz CT molecular complexity index is 381. The number of benzene rings is 1. The van der Waals surface area contributed by atoms with Gasteiger partial charge in [0.2, 0.25) is 0 Å². The average molecular weight is 260 g/mol. The third kappa shape index (κ3) is 3.73. The lowest BCUT2D eigenvalue weighted by atomic mass is 9.90. The molecule has 1 aromatic rings. The molecule has 0 amide bonds. The highest BCUT2D eigenvalue weighted by Crippen LogP contribution is 2.37. The van der Waals surface area contributed by atoms with Gasteiger partial charge in [-0.05, 0) is 24.0 Å². The van der Waals surface area contributed by atoms with E-state index in [1.165, 1.54) is 14.0 Å². The summed E-state index contributed by atoms with van der Waals surface area (Å²) in [7, 11) is 1.31. The third-order valence-electron chi connectivity index (χ3n) is 3.18. The molecule has 1 nitrogen and oxygen atoms in total. The van der Waals surface area contributed by atoms with Crippen LogP contribution in [0.3, 0.4) is 0 Å². The summed E-state index contributed by atoms with van der Waals surface area (Å²) in [4.78, 5) is 0. The van der Waals surface area contributed by atoms with Gasteiger partial charge in [-0.25, -0.2) is 0 Å². The standard InChI is InChI=1S/C14H19F3O/c1-10(2)11-5-7-12(8-6-11)13(3,18-4)9-14(15,16)17/h5-8,10H,9H2,1-4H3. The van der Waals surface area contributed by atoms with E-state index >= 15 is 0 Å². The van der Waals surface area contributed by atoms with E-state index in [-0.39, 0.29) is 0 Å². The average Bonchev–Trinajstić information content (AvgIpc) is 2.27. The lowest BCUT2D eigenvalue weighted by Crippen LogP contribution is -2.31. The Hall–Kier alpha value is -1.03. The zero-order valence-corrected chi connectivity index (χ0v) is 11.1. The molecule has 0 saturated heterocycles. The van der Waals surface area contributed by atoms with Gasteiger partial charge < -0.3 is 4.74 Å². The Labute approximate surface area is 106 Å². The summed E-state index contributed by atoms with van der Waals surface area (Å²) >= 11 is 0. The summed E-state index contributed by atoms with van der Waals surface area (Å²) in [5, 5.41) is 0. The van der Waals surface area contributed by atoms with Crippen molar-refractivity contribution in [2.75, 3.05) is 7.11 Å². The van der Waals surface area contributed by atoms with Crippen LogP contribution in [0.25, 0.3) is 0 Å². The molecule has 1 rings (SSSR count). The Morgan fingerprint density at radius 1 is 1.11 bits per heavy atom. The minimum absolute atomic E-state index is 0.357. The molecule has 0 saturated carbocycles. The Kier molecular flexibility index (Phi) is 4.43. The molecule has 0 aliphatic heterocycles. The Morgan fingerprint density at radius 2 is 1.61 bits per heavy atom. The first-order valence-corrected chi connectivity index (χ1v) is 5.90. The van der Waals surface area contributed by atoms with Gasteiger partial charge in [0.1, 0.15) is 0 Å². The van der Waals surface area contributed by atoms with Crippen molar-refractivity contribution in [3.05, 3.63) is 35.4 Å². The van der Waals surface area contributed by atoms with Gasteiger partial charge >= 0.3 is 6.18 Å². The first-order valence-electron chi connectivity index (χ1n) is 5.90. The summed E-state index contributed by atoms with van der Waals surface area (Å²) in [6.45, 7) is 5.55. The summed E-state index contributed by atoms with van der Waals surface area (Å²) in [6.07, 6.45) is -5.24. The van der Waals surface area contributed by atoms with Crippen molar-refractivity contribution in [2.45, 2.75) is 44.9 Å². The molecule has 0 aliphatic rings. The van der Waals surface area contributed by atoms with Crippen LogP contribution in [0.2, 0.25) is 0 Å². The van der Waals surface area contributed by atoms with E-state index in [4.69, 9.17) is 4.74 Å². The van der Waals surface area contributed by atoms with Crippen LogP contribution in [0.15, 0.2) is 24.3 Å². The van der Waals surface area contributed by atoms with Crippen molar-refractivity contribution in [3.63, 3.8) is 0 Å². The minimum Gasteiger partial charge on any atom is -0.373 e. The minimum atomic E-state index is -4.25. The number of hydrogen-bond acceptors (Lipinski definition) is 1. The fourth-order valence-electron chi connectivity index (χ4n) is 1.90. The van der Waals surface area contributed by atoms with E-state index in [1.54, 1.807) is 12.1 Å². The first kappa shape index (κ1) is 15.0. The number of methoxy groups -OCH3 is 1. The Morgan fingerprint density at radius 3 is 1.94 bits per heavy atom. The van der Waals surface area contributed by atoms with E-state index in [0.717, 1.165) is 5.56 Å². The maximum absolute atomic E-state index is 12.6. The molecule has 0 aromatic heterocycles. The van der Waals surface area contributed by atoms with Crippen LogP contribution in [0, 0.1) is 0 Å². The van der Waals surface area contributed by atoms with Gasteiger partial charge in [0, 0.05) is 7.11 Å². The van der Waals surface area contributed by atoms with Gasteiger partial charge in [-0.2, -0.15) is 13.2 Å². The van der Waals surface area contributed by atoms with Crippen LogP contribution in [0.1, 0.15) is 44.2 Å². The predicted octanol–water partition coefficient (Wildman–Crippen LogP) is 4.62. The highest BCUT2D eigenvalue weighted by molar-refractivity contribution is 5.28. The lowest BCUT2D eigenvalue weighted by Gasteiger charge is -2.30. The molecular formula is C14H19F3O. The summed E-state index contributed by atoms with van der Waals surface area (Å²) < 4.78 is 42.7. The molecule has 102 valence electrons. The van der Waals surface area contributed by atoms with E-state index in [0.29, 0.717) is 11.5 Å². The highest BCUT2D eigenvalue weighted by atomic mass is 19.4. The molecule has 0 fully saturated rings. The molecule has 0 heterocycles. The van der Waals surface area contributed by atoms with Crippen molar-refractivity contribution in [1.29, 1.82) is 0 Å². The van der Waals surface area contributed by atoms with Crippen LogP contribution in [0.5, 0.6) is 0 Å². The molecule has 0 aliphatic carbocycles. The SMILES string of the molecule is COC(C)(CC(F)(F)F)c1ccc(C(C)C)cc1. The molecule has 1 unspecified atom stereocenters. The molecular weight excluding hydrogens is 241 g/mol. The number of halogens is 3. The summed E-state index contributed by atoms with van der Waals surface area (Å²) in [5.74, 6) is 0.357. The van der Waals surface area contributed by atoms with Crippen LogP contribution < -0.4 is 0 Å². The normalized spacial score (nSPS) is 15.8. The van der Waals surface area contributed by atoms with E-state index in [2.05, 4.69) is 0 Å². The smallest absolute Gasteiger partial charge is 0.373 e. The number of rotatable bonds is 4. The number of ether oxygens (including phenoxy) is 1. The van der Waals surface area contributed by atoms with Gasteiger partial charge in [0.05, 0.1) is 12.0 Å². The fourth-order valence-corrected chi connectivity index (χ4v) is 1.90. The van der Waals surface area contributed by atoms with Gasteiger partial charge in [-0.3, -0.25) is 0 Å². The van der Waals surface area contributed by atoms with Gasteiger partial charge in [-0.1, -0.05) is 38.1 Å². The second-order valence-corrected chi connectivity index (χ2v) is 5.00. The quantitative estimate of drug-likeness (QED) is 0.767. The zero-order valence-electron chi connectivity index (χ0n) is 11.1. The second-order valence-electron chi connectivity index (χ2n) is 5.00. The van der Waals surface area contributed by atoms with Crippen molar-refractivity contribution in [1.82, 2.24) is 0 Å². The van der Waals surface area contributed by atoms with Crippen molar-refractivity contribution in [2.24, 2.45) is 0 Å². The van der Waals surface area contributed by atoms with Gasteiger partial charge in [0.25, 0.3) is 0 Å². The van der Waals surface area contributed by atoms with Crippen LogP contribution >= 0.6 is 0 Å². The fraction of sp³-hybridized carbons (Fsp3) is 0.571. The summed E-state index contributed by atoms with van der Waals surface area (Å²) in [5.41, 5.74) is 0.323. The largest absolute Gasteiger partial charge is 0.392 e. The predicted molar refractivity (Wildman–Crippen MR) is 65.6 cm³/mol. The number of alkyl halides is 3. The highest BCUT2D eigenvalue weighted by Gasteiger charge is 2.40. The van der Waals surface area contributed by atoms with Gasteiger partial charge in [0.15, 0.2) is 0 Å². The maximum atomic E-state index is 12.6. The van der Waals surface area contributed by atoms with E-state index < -0.39 is 18.2 Å². The second kappa shape index (κ2) is 5.31. The summed E-state index contributed by atoms with van der Waals surface area (Å²) in [6, 6.07) is 7.14. The first-order chi connectivity index (χ1) is 8.18. The Balaban J connectivity index is 3.01. The third-order valence-corrected chi connectivity index (χ3v) is 3.18. The molecule has 0 N–H and O–H groups in total. The van der Waals surface area contributed by atoms with Crippen molar-refractivity contribution in [3.8, 4) is 0 Å². The molecule has 18 heavy (non-hydrogen) atoms. The lowest BCUT2D eigenvalue weighted by molar-refractivity contribution is -0.181. The van der Waals surface area contributed by atoms with Crippen molar-refractivity contribution >= 4 is 0 Å². The van der Waals surface area contributed by atoms with Crippen molar-refractivity contribution < 1.29 is 17.9 Å². The molecule has 0 radical (unpaired) electrons. The monoisotopic (exact) mass is 260 g/mol. The van der Waals surface area contributed by atoms with Gasteiger partial charge in [-0.15, -0.1) is 0 Å². The molecule has 0 spiro atoms. The zero-order chi connectivity index (χ0) is 14.0. The van der Waals surface area contributed by atoms with Crippen LogP contribution in [-0.4, -0.2) is 13.3 Å². The molecule has 0 bridgehead atoms. The van der Waals surface area contributed by atoms with Crippen LogP contribution in [-0.2, 0) is 10.3 Å². The van der Waals surface area contributed by atoms with E-state index in [1.807, 2.05) is 26.0 Å². The van der Waals surface area contributed by atoms with Crippen LogP contribution in [0.4, 0.5) is 13.2 Å². The van der Waals surface area contributed by atoms with E-state index in [9.17, 15) is 13.2 Å². The molecule has 4 heteroatoms.